The summed E-state index contributed by atoms with van der Waals surface area (Å²) in [6.45, 7) is 0. The van der Waals surface area contributed by atoms with Gasteiger partial charge in [-0.05, 0) is 65.7 Å². The lowest BCUT2D eigenvalue weighted by atomic mass is 9.99. The Kier molecular flexibility index (Phi) is 9.31. The highest BCUT2D eigenvalue weighted by atomic mass is 16.3. The van der Waals surface area contributed by atoms with E-state index in [-0.39, 0.29) is 0 Å². The Morgan fingerprint density at radius 3 is 1.26 bits per heavy atom. The van der Waals surface area contributed by atoms with Crippen molar-refractivity contribution in [3.8, 4) is 85.1 Å². The Hall–Kier alpha value is -9.40. The molecule has 9 aromatic carbocycles. The summed E-state index contributed by atoms with van der Waals surface area (Å²) in [5.41, 5.74) is 12.1. The Labute approximate surface area is 390 Å². The van der Waals surface area contributed by atoms with Crippen LogP contribution in [0.5, 0.6) is 0 Å². The van der Waals surface area contributed by atoms with Gasteiger partial charge in [-0.15, -0.1) is 0 Å². The molecule has 0 radical (unpaired) electrons. The molecule has 4 aromatic heterocycles. The fourth-order valence-electron chi connectivity index (χ4n) is 9.23. The van der Waals surface area contributed by atoms with E-state index in [1.54, 1.807) is 0 Å². The summed E-state index contributed by atoms with van der Waals surface area (Å²) in [7, 11) is 0. The first-order chi connectivity index (χ1) is 33.7. The quantitative estimate of drug-likeness (QED) is 0.150. The first kappa shape index (κ1) is 39.0. The van der Waals surface area contributed by atoms with Crippen LogP contribution in [-0.4, -0.2) is 34.5 Å². The number of para-hydroxylation sites is 2. The second kappa shape index (κ2) is 16.2. The van der Waals surface area contributed by atoms with Gasteiger partial charge in [-0.3, -0.25) is 0 Å². The Balaban J connectivity index is 1.04. The minimum atomic E-state index is 0.555. The van der Waals surface area contributed by atoms with E-state index in [2.05, 4.69) is 95.6 Å². The lowest BCUT2D eigenvalue weighted by Crippen LogP contribution is -2.04. The van der Waals surface area contributed by atoms with Gasteiger partial charge in [0.1, 0.15) is 11.2 Å². The molecule has 13 aromatic rings. The van der Waals surface area contributed by atoms with Crippen molar-refractivity contribution < 1.29 is 4.42 Å². The van der Waals surface area contributed by atoms with Crippen LogP contribution in [0.25, 0.3) is 129 Å². The number of fused-ring (bicyclic) bond motifs is 6. The highest BCUT2D eigenvalue weighted by molar-refractivity contribution is 6.11. The number of benzene rings is 9. The number of furan rings is 1. The maximum atomic E-state index is 6.24. The summed E-state index contributed by atoms with van der Waals surface area (Å²) < 4.78 is 8.57. The normalized spacial score (nSPS) is 11.5. The predicted molar refractivity (Wildman–Crippen MR) is 273 cm³/mol. The first-order valence-corrected chi connectivity index (χ1v) is 22.5. The molecule has 0 amide bonds. The highest BCUT2D eigenvalue weighted by Gasteiger charge is 2.22. The van der Waals surface area contributed by atoms with Crippen molar-refractivity contribution in [2.24, 2.45) is 0 Å². The highest BCUT2D eigenvalue weighted by Crippen LogP contribution is 2.41. The predicted octanol–water partition coefficient (Wildman–Crippen LogP) is 14.7. The molecule has 4 heterocycles. The van der Waals surface area contributed by atoms with E-state index in [0.29, 0.717) is 34.9 Å². The largest absolute Gasteiger partial charge is 0.456 e. The van der Waals surface area contributed by atoms with Crippen LogP contribution in [0, 0.1) is 0 Å². The number of nitrogens with zero attached hydrogens (tertiary/aromatic N) is 7. The van der Waals surface area contributed by atoms with Crippen LogP contribution in [0.15, 0.2) is 229 Å². The molecule has 0 fully saturated rings. The van der Waals surface area contributed by atoms with Crippen LogP contribution >= 0.6 is 0 Å². The maximum absolute atomic E-state index is 6.24. The monoisotopic (exact) mass is 871 g/mol. The molecule has 0 aliphatic carbocycles. The average Bonchev–Trinajstić information content (AvgIpc) is 3.96. The van der Waals surface area contributed by atoms with Gasteiger partial charge in [0.05, 0.1) is 16.7 Å². The second-order valence-electron chi connectivity index (χ2n) is 16.7. The van der Waals surface area contributed by atoms with E-state index in [1.165, 1.54) is 0 Å². The molecule has 0 saturated heterocycles. The zero-order valence-electron chi connectivity index (χ0n) is 36.4. The van der Waals surface area contributed by atoms with Gasteiger partial charge in [-0.25, -0.2) is 29.9 Å². The van der Waals surface area contributed by atoms with Gasteiger partial charge in [-0.1, -0.05) is 170 Å². The smallest absolute Gasteiger partial charge is 0.166 e. The molecule has 0 unspecified atom stereocenters. The van der Waals surface area contributed by atoms with Crippen LogP contribution in [-0.2, 0) is 0 Å². The lowest BCUT2D eigenvalue weighted by Gasteiger charge is -2.16. The molecule has 0 bridgehead atoms. The SMILES string of the molecule is c1ccc(-c2nc(-c3ccccc3)nc(-c3ccc4c(c3)c3ccccc3n4-c3ccc(-c4ccc5oc6ccccc6c5c4)cc3-c3nc(-c4ccccc4)nc(-c4ccccc4)n3)n2)cc1. The number of rotatable bonds is 8. The molecule has 0 atom stereocenters. The van der Waals surface area contributed by atoms with Gasteiger partial charge in [0, 0.05) is 54.9 Å². The molecule has 8 nitrogen and oxygen atoms in total. The van der Waals surface area contributed by atoms with Gasteiger partial charge in [-0.2, -0.15) is 0 Å². The van der Waals surface area contributed by atoms with E-state index < -0.39 is 0 Å². The molecule has 13 rings (SSSR count). The van der Waals surface area contributed by atoms with Crippen LogP contribution in [0.2, 0.25) is 0 Å². The number of aromatic nitrogens is 7. The van der Waals surface area contributed by atoms with Gasteiger partial charge >= 0.3 is 0 Å². The summed E-state index contributed by atoms with van der Waals surface area (Å²) in [6, 6.07) is 76.6. The van der Waals surface area contributed by atoms with E-state index in [0.717, 1.165) is 93.9 Å². The van der Waals surface area contributed by atoms with Crippen LogP contribution < -0.4 is 0 Å². The molecule has 68 heavy (non-hydrogen) atoms. The van der Waals surface area contributed by atoms with Crippen molar-refractivity contribution in [3.63, 3.8) is 0 Å². The minimum Gasteiger partial charge on any atom is -0.456 e. The fraction of sp³-hybridized carbons (Fsp3) is 0. The summed E-state index contributed by atoms with van der Waals surface area (Å²) in [5.74, 6) is 3.56. The van der Waals surface area contributed by atoms with Crippen LogP contribution in [0.1, 0.15) is 0 Å². The molecule has 318 valence electrons. The van der Waals surface area contributed by atoms with Crippen LogP contribution in [0.4, 0.5) is 0 Å². The third-order valence-electron chi connectivity index (χ3n) is 12.5. The van der Waals surface area contributed by atoms with E-state index >= 15 is 0 Å². The van der Waals surface area contributed by atoms with E-state index in [9.17, 15) is 0 Å². The molecule has 0 aliphatic rings. The Morgan fingerprint density at radius 2 is 0.676 bits per heavy atom. The van der Waals surface area contributed by atoms with Crippen molar-refractivity contribution in [3.05, 3.63) is 224 Å². The number of hydrogen-bond donors (Lipinski definition) is 0. The number of hydrogen-bond acceptors (Lipinski definition) is 7. The Bertz CT molecular complexity index is 3900. The Morgan fingerprint density at radius 1 is 0.265 bits per heavy atom. The molecule has 8 heteroatoms. The van der Waals surface area contributed by atoms with Crippen molar-refractivity contribution in [2.75, 3.05) is 0 Å². The second-order valence-corrected chi connectivity index (χ2v) is 16.7. The molecule has 0 N–H and O–H groups in total. The summed E-state index contributed by atoms with van der Waals surface area (Å²) >= 11 is 0. The van der Waals surface area contributed by atoms with E-state index in [4.69, 9.17) is 34.3 Å². The average molecular weight is 872 g/mol. The zero-order chi connectivity index (χ0) is 45.0. The van der Waals surface area contributed by atoms with E-state index in [1.807, 2.05) is 133 Å². The lowest BCUT2D eigenvalue weighted by molar-refractivity contribution is 0.669. The zero-order valence-corrected chi connectivity index (χ0v) is 36.4. The van der Waals surface area contributed by atoms with Crippen molar-refractivity contribution >= 4 is 43.7 Å². The van der Waals surface area contributed by atoms with Gasteiger partial charge in [0.25, 0.3) is 0 Å². The van der Waals surface area contributed by atoms with Gasteiger partial charge < -0.3 is 8.98 Å². The van der Waals surface area contributed by atoms with Crippen molar-refractivity contribution in [1.29, 1.82) is 0 Å². The molecular weight excluding hydrogens is 835 g/mol. The molecular formula is C60H37N7O. The third-order valence-corrected chi connectivity index (χ3v) is 12.5. The first-order valence-electron chi connectivity index (χ1n) is 22.5. The molecule has 0 spiro atoms. The third kappa shape index (κ3) is 6.87. The maximum Gasteiger partial charge on any atom is 0.166 e. The van der Waals surface area contributed by atoms with Crippen molar-refractivity contribution in [1.82, 2.24) is 34.5 Å². The summed E-state index contributed by atoms with van der Waals surface area (Å²) in [6.07, 6.45) is 0. The summed E-state index contributed by atoms with van der Waals surface area (Å²) in [4.78, 5) is 30.8. The minimum absolute atomic E-state index is 0.555. The van der Waals surface area contributed by atoms with Gasteiger partial charge in [0.15, 0.2) is 34.9 Å². The molecule has 0 saturated carbocycles. The molecule has 0 aliphatic heterocycles. The standard InChI is InChI=1S/C60H37N7O/c1-5-17-38(18-6-1)55-61-56(39-19-7-2-8-20-39)64-59(63-55)44-30-33-51-47(37-44)45-25-13-15-27-50(45)67(51)52-32-29-42(43-31-34-54-48(35-43)46-26-14-16-28-53(46)68-54)36-49(52)60-65-57(40-21-9-3-10-22-40)62-58(66-60)41-23-11-4-12-24-41/h1-37H. The fourth-order valence-corrected chi connectivity index (χ4v) is 9.23. The summed E-state index contributed by atoms with van der Waals surface area (Å²) in [5, 5.41) is 4.28. The topological polar surface area (TPSA) is 95.4 Å². The van der Waals surface area contributed by atoms with Crippen LogP contribution in [0.3, 0.4) is 0 Å². The van der Waals surface area contributed by atoms with Crippen molar-refractivity contribution in [2.45, 2.75) is 0 Å². The van der Waals surface area contributed by atoms with Gasteiger partial charge in [0.2, 0.25) is 0 Å².